The van der Waals surface area contributed by atoms with Gasteiger partial charge in [-0.3, -0.25) is 0 Å². The molecular formula is C20H27N5O4S3. The fourth-order valence-electron chi connectivity index (χ4n) is 3.33. The number of hydrogen-bond donors (Lipinski definition) is 3. The summed E-state index contributed by atoms with van der Waals surface area (Å²) in [6.45, 7) is 8.09. The van der Waals surface area contributed by atoms with Crippen LogP contribution >= 0.6 is 23.1 Å². The number of thiophene rings is 1. The SMILES string of the molecule is Cc1cc([C@H](Nc2nsnc2Nc2csc(S(=O)(=O)N(C)C3CC3)c2O)C(C)C)oc1C. The summed E-state index contributed by atoms with van der Waals surface area (Å²) in [7, 11) is -2.19. The van der Waals surface area contributed by atoms with Gasteiger partial charge in [-0.05, 0) is 44.2 Å². The van der Waals surface area contributed by atoms with E-state index in [1.165, 1.54) is 4.31 Å². The van der Waals surface area contributed by atoms with Gasteiger partial charge in [0.2, 0.25) is 0 Å². The van der Waals surface area contributed by atoms with Gasteiger partial charge in [-0.2, -0.15) is 13.1 Å². The van der Waals surface area contributed by atoms with Crippen molar-refractivity contribution in [3.05, 3.63) is 28.5 Å². The predicted molar refractivity (Wildman–Crippen MR) is 127 cm³/mol. The molecule has 0 aliphatic heterocycles. The molecule has 1 aliphatic carbocycles. The van der Waals surface area contributed by atoms with Crippen LogP contribution in [-0.2, 0) is 10.0 Å². The molecule has 0 radical (unpaired) electrons. The molecule has 4 rings (SSSR count). The summed E-state index contributed by atoms with van der Waals surface area (Å²) in [4.78, 5) is 0. The van der Waals surface area contributed by atoms with E-state index in [1.54, 1.807) is 12.4 Å². The molecule has 1 atom stereocenters. The molecule has 0 aromatic carbocycles. The highest BCUT2D eigenvalue weighted by molar-refractivity contribution is 7.91. The van der Waals surface area contributed by atoms with E-state index < -0.39 is 10.0 Å². The van der Waals surface area contributed by atoms with E-state index in [9.17, 15) is 13.5 Å². The third-order valence-corrected chi connectivity index (χ3v) is 9.53. The zero-order chi connectivity index (χ0) is 23.2. The van der Waals surface area contributed by atoms with Crippen LogP contribution in [0, 0.1) is 19.8 Å². The maximum atomic E-state index is 12.8. The first-order chi connectivity index (χ1) is 15.1. The van der Waals surface area contributed by atoms with Crippen molar-refractivity contribution < 1.29 is 17.9 Å². The van der Waals surface area contributed by atoms with Crippen molar-refractivity contribution in [2.45, 2.75) is 56.8 Å². The summed E-state index contributed by atoms with van der Waals surface area (Å²) in [5.74, 6) is 2.50. The number of rotatable bonds is 9. The van der Waals surface area contributed by atoms with E-state index in [2.05, 4.69) is 33.2 Å². The Morgan fingerprint density at radius 1 is 1.25 bits per heavy atom. The van der Waals surface area contributed by atoms with Crippen LogP contribution in [0.3, 0.4) is 0 Å². The van der Waals surface area contributed by atoms with Gasteiger partial charge in [0.25, 0.3) is 10.0 Å². The van der Waals surface area contributed by atoms with Crippen molar-refractivity contribution in [1.82, 2.24) is 13.1 Å². The number of aromatic nitrogens is 2. The van der Waals surface area contributed by atoms with E-state index in [0.29, 0.717) is 11.6 Å². The molecule has 3 N–H and O–H groups in total. The average molecular weight is 498 g/mol. The van der Waals surface area contributed by atoms with Gasteiger partial charge in [0.05, 0.1) is 23.5 Å². The first-order valence-corrected chi connectivity index (χ1v) is 13.4. The van der Waals surface area contributed by atoms with E-state index in [4.69, 9.17) is 4.42 Å². The van der Waals surface area contributed by atoms with Crippen LogP contribution in [0.25, 0.3) is 0 Å². The van der Waals surface area contributed by atoms with Crippen LogP contribution in [0.5, 0.6) is 5.75 Å². The Morgan fingerprint density at radius 3 is 2.53 bits per heavy atom. The summed E-state index contributed by atoms with van der Waals surface area (Å²) in [5, 5.41) is 18.6. The molecule has 0 spiro atoms. The lowest BCUT2D eigenvalue weighted by Crippen LogP contribution is -2.28. The molecule has 12 heteroatoms. The topological polar surface area (TPSA) is 121 Å². The molecule has 0 amide bonds. The molecule has 1 saturated carbocycles. The number of nitrogens with zero attached hydrogens (tertiary/aromatic N) is 3. The molecule has 174 valence electrons. The number of aryl methyl sites for hydroxylation is 2. The lowest BCUT2D eigenvalue weighted by Gasteiger charge is -2.20. The molecule has 3 aromatic heterocycles. The first kappa shape index (κ1) is 23.0. The summed E-state index contributed by atoms with van der Waals surface area (Å²) >= 11 is 2.00. The minimum Gasteiger partial charge on any atom is -0.504 e. The van der Waals surface area contributed by atoms with Crippen LogP contribution in [0.15, 0.2) is 20.1 Å². The zero-order valence-electron chi connectivity index (χ0n) is 18.5. The lowest BCUT2D eigenvalue weighted by molar-refractivity contribution is 0.408. The minimum atomic E-state index is -3.74. The fraction of sp³-hybridized carbons (Fsp3) is 0.500. The molecule has 1 fully saturated rings. The average Bonchev–Trinajstić information content (AvgIpc) is 3.25. The molecule has 0 unspecified atom stereocenters. The van der Waals surface area contributed by atoms with Gasteiger partial charge >= 0.3 is 0 Å². The van der Waals surface area contributed by atoms with E-state index >= 15 is 0 Å². The van der Waals surface area contributed by atoms with E-state index in [1.807, 2.05) is 19.9 Å². The van der Waals surface area contributed by atoms with Gasteiger partial charge in [-0.25, -0.2) is 8.42 Å². The Labute approximate surface area is 195 Å². The van der Waals surface area contributed by atoms with Gasteiger partial charge in [-0.1, -0.05) is 13.8 Å². The lowest BCUT2D eigenvalue weighted by atomic mass is 10.0. The summed E-state index contributed by atoms with van der Waals surface area (Å²) in [5.41, 5.74) is 1.36. The number of aromatic hydroxyl groups is 1. The van der Waals surface area contributed by atoms with Crippen molar-refractivity contribution in [2.75, 3.05) is 17.7 Å². The van der Waals surface area contributed by atoms with Crippen LogP contribution in [-0.4, -0.2) is 39.7 Å². The van der Waals surface area contributed by atoms with Crippen molar-refractivity contribution in [3.63, 3.8) is 0 Å². The monoisotopic (exact) mass is 497 g/mol. The largest absolute Gasteiger partial charge is 0.504 e. The maximum absolute atomic E-state index is 12.8. The Kier molecular flexibility index (Phi) is 6.23. The number of furan rings is 1. The Balaban J connectivity index is 1.56. The minimum absolute atomic E-state index is 0.0123. The molecule has 3 aromatic rings. The second kappa shape index (κ2) is 8.65. The quantitative estimate of drug-likeness (QED) is 0.384. The van der Waals surface area contributed by atoms with Gasteiger partial charge in [0, 0.05) is 18.5 Å². The number of hydrogen-bond acceptors (Lipinski definition) is 10. The Morgan fingerprint density at radius 2 is 1.94 bits per heavy atom. The fourth-order valence-corrected chi connectivity index (χ4v) is 6.63. The van der Waals surface area contributed by atoms with E-state index in [0.717, 1.165) is 53.0 Å². The zero-order valence-corrected chi connectivity index (χ0v) is 21.0. The highest BCUT2D eigenvalue weighted by atomic mass is 32.2. The standard InChI is InChI=1S/C20H27N5O4S3/c1-10(2)16(15-8-11(3)12(4)29-15)22-19-18(23-31-24-19)21-14-9-30-20(17(14)26)32(27,28)25(5)13-6-7-13/h8-10,13,16,26H,6-7H2,1-5H3,(H,21,23)(H,22,24)/t16-/m1/s1. The third-order valence-electron chi connectivity index (χ3n) is 5.60. The molecule has 0 bridgehead atoms. The molecule has 9 nitrogen and oxygen atoms in total. The van der Waals surface area contributed by atoms with Crippen molar-refractivity contribution >= 4 is 50.4 Å². The highest BCUT2D eigenvalue weighted by Crippen LogP contribution is 2.43. The number of nitrogens with one attached hydrogen (secondary N) is 2. The highest BCUT2D eigenvalue weighted by Gasteiger charge is 2.38. The van der Waals surface area contributed by atoms with Crippen LogP contribution in [0.1, 0.15) is 49.8 Å². The van der Waals surface area contributed by atoms with E-state index in [-0.39, 0.29) is 33.6 Å². The van der Waals surface area contributed by atoms with Crippen LogP contribution < -0.4 is 10.6 Å². The third kappa shape index (κ3) is 4.36. The van der Waals surface area contributed by atoms with Crippen LogP contribution in [0.4, 0.5) is 17.3 Å². The molecule has 32 heavy (non-hydrogen) atoms. The predicted octanol–water partition coefficient (Wildman–Crippen LogP) is 4.85. The van der Waals surface area contributed by atoms with Crippen molar-refractivity contribution in [1.29, 1.82) is 0 Å². The summed E-state index contributed by atoms with van der Waals surface area (Å²) in [6, 6.07) is 1.89. The Hall–Kier alpha value is -2.15. The molecular weight excluding hydrogens is 470 g/mol. The van der Waals surface area contributed by atoms with Gasteiger partial charge < -0.3 is 20.2 Å². The molecule has 0 saturated heterocycles. The molecule has 3 heterocycles. The summed E-state index contributed by atoms with van der Waals surface area (Å²) in [6.07, 6.45) is 1.69. The Bertz CT molecular complexity index is 1190. The smallest absolute Gasteiger partial charge is 0.256 e. The van der Waals surface area contributed by atoms with Gasteiger partial charge in [0.15, 0.2) is 21.6 Å². The summed E-state index contributed by atoms with van der Waals surface area (Å²) < 4.78 is 41.5. The second-order valence-electron chi connectivity index (χ2n) is 8.38. The van der Waals surface area contributed by atoms with Crippen molar-refractivity contribution in [3.8, 4) is 5.75 Å². The van der Waals surface area contributed by atoms with Gasteiger partial charge in [0.1, 0.15) is 11.5 Å². The second-order valence-corrected chi connectivity index (χ2v) is 12.0. The van der Waals surface area contributed by atoms with Gasteiger partial charge in [-0.15, -0.1) is 11.3 Å². The molecule has 1 aliphatic rings. The number of anilines is 3. The maximum Gasteiger partial charge on any atom is 0.256 e. The van der Waals surface area contributed by atoms with Crippen LogP contribution in [0.2, 0.25) is 0 Å². The normalized spacial score (nSPS) is 15.5. The number of sulfonamides is 1. The van der Waals surface area contributed by atoms with Crippen molar-refractivity contribution in [2.24, 2.45) is 5.92 Å². The first-order valence-electron chi connectivity index (χ1n) is 10.3.